The van der Waals surface area contributed by atoms with Gasteiger partial charge in [-0.3, -0.25) is 9.59 Å². The third kappa shape index (κ3) is 4.48. The van der Waals surface area contributed by atoms with Crippen LogP contribution in [-0.2, 0) is 20.7 Å². The van der Waals surface area contributed by atoms with Crippen molar-refractivity contribution in [1.29, 1.82) is 0 Å². The number of carbonyl (C=O) groups is 2. The standard InChI is InChI=1S/C13H15ClO6/c1-20-12(18)6-10(15)13(19)9-3-2-8(14)4-7(9)5-11(16)17/h2-4,10,13,15,19H,5-6H2,1H3,(H,16,17). The van der Waals surface area contributed by atoms with Crippen LogP contribution in [0.25, 0.3) is 0 Å². The first-order valence-corrected chi connectivity index (χ1v) is 6.16. The van der Waals surface area contributed by atoms with Crippen LogP contribution in [0.1, 0.15) is 23.7 Å². The molecule has 0 aliphatic heterocycles. The SMILES string of the molecule is COC(=O)CC(O)C(O)c1ccc(Cl)cc1CC(=O)O. The maximum absolute atomic E-state index is 11.1. The van der Waals surface area contributed by atoms with Crippen LogP contribution in [0.2, 0.25) is 5.02 Å². The largest absolute Gasteiger partial charge is 0.481 e. The predicted molar refractivity (Wildman–Crippen MR) is 70.4 cm³/mol. The van der Waals surface area contributed by atoms with E-state index < -0.39 is 30.6 Å². The number of methoxy groups -OCH3 is 1. The highest BCUT2D eigenvalue weighted by Gasteiger charge is 2.24. The van der Waals surface area contributed by atoms with Gasteiger partial charge in [0.15, 0.2) is 0 Å². The minimum absolute atomic E-state index is 0.216. The summed E-state index contributed by atoms with van der Waals surface area (Å²) in [5.74, 6) is -1.77. The van der Waals surface area contributed by atoms with Gasteiger partial charge in [-0.2, -0.15) is 0 Å². The fourth-order valence-electron chi connectivity index (χ4n) is 1.75. The van der Waals surface area contributed by atoms with Crippen LogP contribution in [0.5, 0.6) is 0 Å². The van der Waals surface area contributed by atoms with E-state index in [1.165, 1.54) is 25.3 Å². The molecule has 2 unspecified atom stereocenters. The van der Waals surface area contributed by atoms with E-state index >= 15 is 0 Å². The minimum atomic E-state index is -1.40. The molecule has 1 aromatic carbocycles. The Morgan fingerprint density at radius 3 is 2.55 bits per heavy atom. The Morgan fingerprint density at radius 2 is 2.00 bits per heavy atom. The Hall–Kier alpha value is -1.63. The third-order valence-electron chi connectivity index (χ3n) is 2.73. The van der Waals surface area contributed by atoms with Crippen LogP contribution in [0.15, 0.2) is 18.2 Å². The number of carboxylic acid groups (broad SMARTS) is 1. The number of carbonyl (C=O) groups excluding carboxylic acids is 1. The summed E-state index contributed by atoms with van der Waals surface area (Å²) < 4.78 is 4.40. The maximum atomic E-state index is 11.1. The summed E-state index contributed by atoms with van der Waals surface area (Å²) in [4.78, 5) is 21.9. The monoisotopic (exact) mass is 302 g/mol. The molecule has 110 valence electrons. The Morgan fingerprint density at radius 1 is 1.35 bits per heavy atom. The summed E-state index contributed by atoms with van der Waals surface area (Å²) in [6.07, 6.45) is -3.54. The molecule has 20 heavy (non-hydrogen) atoms. The molecule has 0 saturated heterocycles. The van der Waals surface area contributed by atoms with Crippen molar-refractivity contribution < 1.29 is 29.6 Å². The van der Waals surface area contributed by atoms with E-state index in [0.717, 1.165) is 0 Å². The first-order valence-electron chi connectivity index (χ1n) is 5.78. The summed E-state index contributed by atoms with van der Waals surface area (Å²) in [6.45, 7) is 0. The molecule has 3 N–H and O–H groups in total. The van der Waals surface area contributed by atoms with E-state index in [9.17, 15) is 19.8 Å². The smallest absolute Gasteiger partial charge is 0.308 e. The lowest BCUT2D eigenvalue weighted by Crippen LogP contribution is -2.24. The molecule has 0 aromatic heterocycles. The number of halogens is 1. The number of hydrogen-bond acceptors (Lipinski definition) is 5. The number of benzene rings is 1. The molecule has 0 bridgehead atoms. The van der Waals surface area contributed by atoms with Crippen molar-refractivity contribution in [2.24, 2.45) is 0 Å². The average Bonchev–Trinajstić information content (AvgIpc) is 2.37. The Bertz CT molecular complexity index is 502. The minimum Gasteiger partial charge on any atom is -0.481 e. The van der Waals surface area contributed by atoms with Gasteiger partial charge in [0.25, 0.3) is 0 Å². The number of aliphatic carboxylic acids is 1. The lowest BCUT2D eigenvalue weighted by molar-refractivity contribution is -0.145. The van der Waals surface area contributed by atoms with Crippen molar-refractivity contribution in [2.75, 3.05) is 7.11 Å². The van der Waals surface area contributed by atoms with Gasteiger partial charge in [0.1, 0.15) is 6.10 Å². The molecule has 6 nitrogen and oxygen atoms in total. The van der Waals surface area contributed by atoms with Crippen molar-refractivity contribution in [3.8, 4) is 0 Å². The first-order chi connectivity index (χ1) is 9.35. The number of rotatable bonds is 6. The highest BCUT2D eigenvalue weighted by atomic mass is 35.5. The van der Waals surface area contributed by atoms with Gasteiger partial charge >= 0.3 is 11.9 Å². The molecule has 0 fully saturated rings. The van der Waals surface area contributed by atoms with Gasteiger partial charge in [-0.15, -0.1) is 0 Å². The van der Waals surface area contributed by atoms with E-state index in [1.807, 2.05) is 0 Å². The average molecular weight is 303 g/mol. The Balaban J connectivity index is 2.99. The number of esters is 1. The second-order valence-electron chi connectivity index (χ2n) is 4.21. The second-order valence-corrected chi connectivity index (χ2v) is 4.64. The van der Waals surface area contributed by atoms with E-state index in [-0.39, 0.29) is 17.5 Å². The summed E-state index contributed by atoms with van der Waals surface area (Å²) >= 11 is 5.78. The zero-order chi connectivity index (χ0) is 15.3. The van der Waals surface area contributed by atoms with Gasteiger partial charge in [-0.1, -0.05) is 17.7 Å². The van der Waals surface area contributed by atoms with Crippen LogP contribution in [0.3, 0.4) is 0 Å². The van der Waals surface area contributed by atoms with Crippen LogP contribution >= 0.6 is 11.6 Å². The maximum Gasteiger partial charge on any atom is 0.308 e. The number of carboxylic acids is 1. The fourth-order valence-corrected chi connectivity index (χ4v) is 1.95. The van der Waals surface area contributed by atoms with E-state index in [2.05, 4.69) is 4.74 Å². The van der Waals surface area contributed by atoms with Crippen molar-refractivity contribution in [1.82, 2.24) is 0 Å². The Kier molecular flexibility index (Phi) is 5.94. The fraction of sp³-hybridized carbons (Fsp3) is 0.385. The Labute approximate surface area is 120 Å². The topological polar surface area (TPSA) is 104 Å². The molecular weight excluding hydrogens is 288 g/mol. The van der Waals surface area contributed by atoms with Crippen LogP contribution in [0.4, 0.5) is 0 Å². The lowest BCUT2D eigenvalue weighted by atomic mass is 9.95. The zero-order valence-electron chi connectivity index (χ0n) is 10.7. The highest BCUT2D eigenvalue weighted by molar-refractivity contribution is 6.30. The second kappa shape index (κ2) is 7.23. The predicted octanol–water partition coefficient (Wildman–Crippen LogP) is 0.925. The molecule has 0 radical (unpaired) electrons. The van der Waals surface area contributed by atoms with Crippen molar-refractivity contribution in [2.45, 2.75) is 25.0 Å². The van der Waals surface area contributed by atoms with Crippen LogP contribution < -0.4 is 0 Å². The van der Waals surface area contributed by atoms with Crippen molar-refractivity contribution in [3.05, 3.63) is 34.3 Å². The highest BCUT2D eigenvalue weighted by Crippen LogP contribution is 2.26. The molecule has 1 aromatic rings. The number of hydrogen-bond donors (Lipinski definition) is 3. The molecule has 0 amide bonds. The molecule has 7 heteroatoms. The van der Waals surface area contributed by atoms with Crippen molar-refractivity contribution in [3.63, 3.8) is 0 Å². The number of ether oxygens (including phenoxy) is 1. The van der Waals surface area contributed by atoms with Gasteiger partial charge < -0.3 is 20.1 Å². The number of aliphatic hydroxyl groups is 2. The zero-order valence-corrected chi connectivity index (χ0v) is 11.5. The van der Waals surface area contributed by atoms with Gasteiger partial charge in [-0.25, -0.2) is 0 Å². The van der Waals surface area contributed by atoms with Gasteiger partial charge in [-0.05, 0) is 23.3 Å². The van der Waals surface area contributed by atoms with Gasteiger partial charge in [0.2, 0.25) is 0 Å². The van der Waals surface area contributed by atoms with Gasteiger partial charge in [0.05, 0.1) is 26.1 Å². The lowest BCUT2D eigenvalue weighted by Gasteiger charge is -2.20. The third-order valence-corrected chi connectivity index (χ3v) is 2.97. The summed E-state index contributed by atoms with van der Waals surface area (Å²) in [7, 11) is 1.17. The molecule has 0 aliphatic rings. The van der Waals surface area contributed by atoms with E-state index in [0.29, 0.717) is 5.02 Å². The normalized spacial score (nSPS) is 13.6. The molecule has 0 saturated carbocycles. The van der Waals surface area contributed by atoms with Gasteiger partial charge in [0, 0.05) is 5.02 Å². The summed E-state index contributed by atoms with van der Waals surface area (Å²) in [5, 5.41) is 28.9. The molecule has 1 rings (SSSR count). The summed E-state index contributed by atoms with van der Waals surface area (Å²) in [6, 6.07) is 4.29. The van der Waals surface area contributed by atoms with E-state index in [4.69, 9.17) is 16.7 Å². The molecule has 0 aliphatic carbocycles. The molecule has 0 heterocycles. The summed E-state index contributed by atoms with van der Waals surface area (Å²) in [5.41, 5.74) is 0.495. The van der Waals surface area contributed by atoms with Crippen LogP contribution in [-0.4, -0.2) is 40.5 Å². The van der Waals surface area contributed by atoms with Crippen LogP contribution in [0, 0.1) is 0 Å². The molecule has 0 spiro atoms. The van der Waals surface area contributed by atoms with Crippen molar-refractivity contribution >= 4 is 23.5 Å². The molecular formula is C13H15ClO6. The quantitative estimate of drug-likeness (QED) is 0.675. The number of aliphatic hydroxyl groups excluding tert-OH is 2. The first kappa shape index (κ1) is 16.4. The molecule has 2 atom stereocenters. The van der Waals surface area contributed by atoms with E-state index in [1.54, 1.807) is 0 Å².